The van der Waals surface area contributed by atoms with Crippen molar-refractivity contribution in [3.63, 3.8) is 0 Å². The zero-order chi connectivity index (χ0) is 23.9. The Balaban J connectivity index is 1.30. The van der Waals surface area contributed by atoms with Crippen LogP contribution in [0.5, 0.6) is 5.88 Å². The predicted molar refractivity (Wildman–Crippen MR) is 128 cm³/mol. The molecule has 2 N–H and O–H groups in total. The molecule has 1 saturated heterocycles. The molecule has 0 radical (unpaired) electrons. The molecule has 178 valence electrons. The number of aromatic nitrogens is 3. The molecule has 1 aliphatic rings. The number of carbonyl (C=O) groups excluding carboxylic acids is 2. The van der Waals surface area contributed by atoms with Crippen LogP contribution in [0.4, 0.5) is 10.9 Å². The minimum Gasteiger partial charge on any atom is -0.476 e. The van der Waals surface area contributed by atoms with Gasteiger partial charge in [0, 0.05) is 25.7 Å². The highest BCUT2D eigenvalue weighted by Gasteiger charge is 2.30. The van der Waals surface area contributed by atoms with Crippen LogP contribution in [0.25, 0.3) is 10.4 Å². The maximum Gasteiger partial charge on any atom is 0.245 e. The van der Waals surface area contributed by atoms with Crippen molar-refractivity contribution in [1.29, 1.82) is 0 Å². The van der Waals surface area contributed by atoms with Gasteiger partial charge in [-0.1, -0.05) is 41.7 Å². The molecule has 2 amide bonds. The first-order chi connectivity index (χ1) is 16.5. The van der Waals surface area contributed by atoms with E-state index in [4.69, 9.17) is 9.47 Å². The molecule has 4 rings (SSSR count). The largest absolute Gasteiger partial charge is 0.476 e. The Morgan fingerprint density at radius 1 is 1.26 bits per heavy atom. The first kappa shape index (κ1) is 23.6. The highest BCUT2D eigenvalue weighted by Crippen LogP contribution is 2.30. The highest BCUT2D eigenvalue weighted by atomic mass is 32.1. The van der Waals surface area contributed by atoms with Crippen LogP contribution in [0.1, 0.15) is 12.7 Å². The molecule has 2 aromatic heterocycles. The molecule has 34 heavy (non-hydrogen) atoms. The van der Waals surface area contributed by atoms with Crippen LogP contribution in [-0.4, -0.2) is 70.6 Å². The van der Waals surface area contributed by atoms with Crippen molar-refractivity contribution in [2.75, 3.05) is 38.2 Å². The zero-order valence-corrected chi connectivity index (χ0v) is 19.8. The van der Waals surface area contributed by atoms with E-state index in [9.17, 15) is 9.59 Å². The van der Waals surface area contributed by atoms with Crippen molar-refractivity contribution >= 4 is 34.1 Å². The molecule has 1 aromatic carbocycles. The van der Waals surface area contributed by atoms with E-state index in [1.807, 2.05) is 36.5 Å². The van der Waals surface area contributed by atoms with Crippen molar-refractivity contribution in [3.05, 3.63) is 48.4 Å². The maximum absolute atomic E-state index is 12.5. The summed E-state index contributed by atoms with van der Waals surface area (Å²) >= 11 is 1.52. The normalized spacial score (nSPS) is 15.6. The quantitative estimate of drug-likeness (QED) is 0.470. The number of thiazole rings is 1. The number of aryl methyl sites for hydroxylation is 1. The van der Waals surface area contributed by atoms with Gasteiger partial charge in [0.05, 0.1) is 24.6 Å². The van der Waals surface area contributed by atoms with Gasteiger partial charge < -0.3 is 25.0 Å². The summed E-state index contributed by atoms with van der Waals surface area (Å²) in [5.41, 5.74) is 1.10. The third-order valence-corrected chi connectivity index (χ3v) is 6.06. The summed E-state index contributed by atoms with van der Waals surface area (Å²) in [7, 11) is 0. The van der Waals surface area contributed by atoms with Gasteiger partial charge >= 0.3 is 0 Å². The smallest absolute Gasteiger partial charge is 0.245 e. The number of amides is 2. The van der Waals surface area contributed by atoms with Gasteiger partial charge in [0.15, 0.2) is 5.13 Å². The number of anilines is 2. The van der Waals surface area contributed by atoms with E-state index < -0.39 is 6.04 Å². The third-order valence-electron chi connectivity index (χ3n) is 5.10. The van der Waals surface area contributed by atoms with Crippen molar-refractivity contribution in [1.82, 2.24) is 25.2 Å². The second-order valence-corrected chi connectivity index (χ2v) is 8.63. The summed E-state index contributed by atoms with van der Waals surface area (Å²) in [6, 6.07) is 11.1. The van der Waals surface area contributed by atoms with Crippen LogP contribution in [0.15, 0.2) is 42.6 Å². The van der Waals surface area contributed by atoms with Crippen molar-refractivity contribution in [3.8, 4) is 16.3 Å². The first-order valence-electron chi connectivity index (χ1n) is 10.9. The van der Waals surface area contributed by atoms with Gasteiger partial charge in [-0.25, -0.2) is 9.97 Å². The molecular formula is C23H26N6O4S. The fraction of sp³-hybridized carbons (Fsp3) is 0.348. The third kappa shape index (κ3) is 6.06. The monoisotopic (exact) mass is 482 g/mol. The van der Waals surface area contributed by atoms with Gasteiger partial charge in [0.25, 0.3) is 0 Å². The van der Waals surface area contributed by atoms with E-state index in [0.717, 1.165) is 10.4 Å². The summed E-state index contributed by atoms with van der Waals surface area (Å²) in [5.74, 6) is 1.08. The molecule has 1 fully saturated rings. The Labute approximate surface area is 201 Å². The number of ether oxygens (including phenoxy) is 2. The number of nitrogens with zero attached hydrogens (tertiary/aromatic N) is 4. The van der Waals surface area contributed by atoms with Gasteiger partial charge in [0.2, 0.25) is 17.7 Å². The Morgan fingerprint density at radius 3 is 2.88 bits per heavy atom. The van der Waals surface area contributed by atoms with E-state index >= 15 is 0 Å². The molecule has 1 atom stereocenters. The number of rotatable bonds is 8. The van der Waals surface area contributed by atoms with E-state index in [1.165, 1.54) is 23.2 Å². The fourth-order valence-electron chi connectivity index (χ4n) is 3.50. The maximum atomic E-state index is 12.5. The Bertz CT molecular complexity index is 1140. The van der Waals surface area contributed by atoms with Crippen molar-refractivity contribution in [2.24, 2.45) is 0 Å². The van der Waals surface area contributed by atoms with E-state index in [-0.39, 0.29) is 31.6 Å². The molecule has 0 bridgehead atoms. The van der Waals surface area contributed by atoms with Crippen molar-refractivity contribution in [2.45, 2.75) is 19.9 Å². The Kier molecular flexibility index (Phi) is 7.65. The number of hydrogen-bond donors (Lipinski definition) is 2. The number of benzene rings is 1. The number of morpholine rings is 1. The molecule has 1 aliphatic heterocycles. The van der Waals surface area contributed by atoms with Crippen LogP contribution in [0.2, 0.25) is 0 Å². The fourth-order valence-corrected chi connectivity index (χ4v) is 4.33. The average Bonchev–Trinajstić information content (AvgIpc) is 3.30. The van der Waals surface area contributed by atoms with Gasteiger partial charge in [-0.15, -0.1) is 0 Å². The van der Waals surface area contributed by atoms with E-state index in [1.54, 1.807) is 13.0 Å². The lowest BCUT2D eigenvalue weighted by molar-refractivity contribution is -0.146. The van der Waals surface area contributed by atoms with Crippen LogP contribution >= 0.6 is 11.3 Å². The van der Waals surface area contributed by atoms with Crippen LogP contribution in [-0.2, 0) is 14.3 Å². The second kappa shape index (κ2) is 11.0. The Hall–Kier alpha value is -3.57. The summed E-state index contributed by atoms with van der Waals surface area (Å²) in [6.07, 6.45) is 1.82. The summed E-state index contributed by atoms with van der Waals surface area (Å²) in [5, 5.41) is 6.70. The van der Waals surface area contributed by atoms with E-state index in [0.29, 0.717) is 35.8 Å². The summed E-state index contributed by atoms with van der Waals surface area (Å²) in [6.45, 7) is 4.73. The molecule has 10 nitrogen and oxygen atoms in total. The zero-order valence-electron chi connectivity index (χ0n) is 19.0. The molecule has 0 spiro atoms. The second-order valence-electron chi connectivity index (χ2n) is 7.60. The molecule has 3 aromatic rings. The molecule has 0 aliphatic carbocycles. The van der Waals surface area contributed by atoms with Crippen LogP contribution in [0.3, 0.4) is 0 Å². The predicted octanol–water partition coefficient (Wildman–Crippen LogP) is 2.39. The lowest BCUT2D eigenvalue weighted by atomic mass is 10.2. The van der Waals surface area contributed by atoms with Gasteiger partial charge in [-0.3, -0.25) is 9.59 Å². The number of nitrogens with one attached hydrogen (secondary N) is 2. The molecule has 11 heteroatoms. The number of carbonyl (C=O) groups is 2. The summed E-state index contributed by atoms with van der Waals surface area (Å²) in [4.78, 5) is 39.9. The van der Waals surface area contributed by atoms with E-state index in [2.05, 4.69) is 25.6 Å². The molecule has 0 unspecified atom stereocenters. The molecule has 0 saturated carbocycles. The average molecular weight is 483 g/mol. The topological polar surface area (TPSA) is 119 Å². The summed E-state index contributed by atoms with van der Waals surface area (Å²) < 4.78 is 11.1. The Morgan fingerprint density at radius 2 is 2.09 bits per heavy atom. The van der Waals surface area contributed by atoms with Gasteiger partial charge in [-0.2, -0.15) is 4.98 Å². The highest BCUT2D eigenvalue weighted by molar-refractivity contribution is 7.18. The van der Waals surface area contributed by atoms with Crippen LogP contribution < -0.4 is 15.4 Å². The number of hydrogen-bond acceptors (Lipinski definition) is 9. The van der Waals surface area contributed by atoms with Crippen molar-refractivity contribution < 1.29 is 19.1 Å². The minimum atomic E-state index is -0.623. The van der Waals surface area contributed by atoms with Crippen LogP contribution in [0, 0.1) is 6.92 Å². The minimum absolute atomic E-state index is 0.146. The lowest BCUT2D eigenvalue weighted by Gasteiger charge is -2.33. The SMILES string of the molecule is CC(=O)N1CCOC[C@H]1C(=O)NCCOc1cc(Nc2ncc(-c3ccccc3)s2)nc(C)n1. The van der Waals surface area contributed by atoms with Gasteiger partial charge in [-0.05, 0) is 12.5 Å². The first-order valence-corrected chi connectivity index (χ1v) is 11.7. The lowest BCUT2D eigenvalue weighted by Crippen LogP contribution is -2.55. The standard InChI is InChI=1S/C23H26N6O4S/c1-15-26-20(28-23-25-13-19(34-23)17-6-4-3-5-7-17)12-21(27-15)33-10-8-24-22(31)18-14-32-11-9-29(18)16(2)30/h3-7,12-13,18H,8-11,14H2,1-2H3,(H,24,31)(H,25,26,27,28)/t18-/m0/s1. The van der Waals surface area contributed by atoms with Gasteiger partial charge in [0.1, 0.15) is 24.3 Å². The molecule has 3 heterocycles. The molecular weight excluding hydrogens is 456 g/mol.